The van der Waals surface area contributed by atoms with Gasteiger partial charge in [0, 0.05) is 18.9 Å². The molecule has 4 aromatic rings. The van der Waals surface area contributed by atoms with Gasteiger partial charge >= 0.3 is 0 Å². The lowest BCUT2D eigenvalue weighted by atomic mass is 9.87. The summed E-state index contributed by atoms with van der Waals surface area (Å²) in [5, 5.41) is 6.01. The van der Waals surface area contributed by atoms with Crippen LogP contribution in [0.15, 0.2) is 78.9 Å². The Bertz CT molecular complexity index is 1400. The van der Waals surface area contributed by atoms with Gasteiger partial charge in [-0.2, -0.15) is 0 Å². The van der Waals surface area contributed by atoms with Gasteiger partial charge in [0.2, 0.25) is 5.75 Å². The molecular formula is C35H41NO6. The first-order chi connectivity index (χ1) is 20.7. The summed E-state index contributed by atoms with van der Waals surface area (Å²) in [6, 6.07) is 27.3. The van der Waals surface area contributed by atoms with E-state index in [9.17, 15) is 0 Å². The molecule has 0 saturated carbocycles. The zero-order valence-electron chi connectivity index (χ0n) is 24.8. The Morgan fingerprint density at radius 3 is 2.24 bits per heavy atom. The highest BCUT2D eigenvalue weighted by molar-refractivity contribution is 5.82. The zero-order valence-corrected chi connectivity index (χ0v) is 24.8. The number of methoxy groups -OCH3 is 3. The van der Waals surface area contributed by atoms with Crippen molar-refractivity contribution in [1.82, 2.24) is 5.32 Å². The minimum absolute atomic E-state index is 0.125. The van der Waals surface area contributed by atoms with Crippen LogP contribution in [0.25, 0.3) is 10.8 Å². The Hall–Kier alpha value is -3.78. The normalized spacial score (nSPS) is 16.7. The molecule has 0 radical (unpaired) electrons. The molecule has 1 heterocycles. The van der Waals surface area contributed by atoms with Crippen molar-refractivity contribution in [3.8, 4) is 23.0 Å². The fourth-order valence-corrected chi connectivity index (χ4v) is 5.49. The first-order valence-corrected chi connectivity index (χ1v) is 14.6. The van der Waals surface area contributed by atoms with Gasteiger partial charge in [-0.1, -0.05) is 48.5 Å². The smallest absolute Gasteiger partial charge is 0.203 e. The van der Waals surface area contributed by atoms with Crippen LogP contribution in [0.4, 0.5) is 0 Å². The van der Waals surface area contributed by atoms with E-state index in [1.54, 1.807) is 21.3 Å². The standard InChI is InChI=1S/C35H41NO6/c1-37-32-20-26(21-33(38-2)35(32)39-3)23-40-17-6-18-41-30-13-11-28(12-14-30)31-15-16-36-22-34(31)42-24-25-9-10-27-7-4-5-8-29(27)19-25/h4-5,7-14,19-21,31,34,36H,6,15-18,22-24H2,1-3H3. The van der Waals surface area contributed by atoms with E-state index in [0.29, 0.717) is 49.6 Å². The van der Waals surface area contributed by atoms with Gasteiger partial charge in [0.25, 0.3) is 0 Å². The van der Waals surface area contributed by atoms with Crippen LogP contribution in [-0.4, -0.2) is 53.7 Å². The minimum atomic E-state index is 0.125. The molecule has 0 aliphatic carbocycles. The van der Waals surface area contributed by atoms with Crippen molar-refractivity contribution in [3.05, 3.63) is 95.6 Å². The second-order valence-electron chi connectivity index (χ2n) is 10.5. The van der Waals surface area contributed by atoms with Crippen LogP contribution in [0.1, 0.15) is 35.4 Å². The predicted octanol–water partition coefficient (Wildman–Crippen LogP) is 6.51. The van der Waals surface area contributed by atoms with Crippen LogP contribution in [0.5, 0.6) is 23.0 Å². The van der Waals surface area contributed by atoms with E-state index < -0.39 is 0 Å². The molecule has 1 aliphatic rings. The SMILES string of the molecule is COc1cc(COCCCOc2ccc(C3CCNCC3OCc3ccc4ccccc4c3)cc2)cc(OC)c1OC. The number of rotatable bonds is 14. The summed E-state index contributed by atoms with van der Waals surface area (Å²) >= 11 is 0. The molecule has 42 heavy (non-hydrogen) atoms. The molecule has 1 N–H and O–H groups in total. The highest BCUT2D eigenvalue weighted by atomic mass is 16.5. The average Bonchev–Trinajstić information content (AvgIpc) is 3.05. The van der Waals surface area contributed by atoms with Crippen LogP contribution in [0, 0.1) is 0 Å². The summed E-state index contributed by atoms with van der Waals surface area (Å²) in [5.41, 5.74) is 3.45. The minimum Gasteiger partial charge on any atom is -0.494 e. The van der Waals surface area contributed by atoms with Gasteiger partial charge in [-0.25, -0.2) is 0 Å². The molecule has 4 aromatic carbocycles. The summed E-state index contributed by atoms with van der Waals surface area (Å²) < 4.78 is 34.5. The third-order valence-electron chi connectivity index (χ3n) is 7.71. The summed E-state index contributed by atoms with van der Waals surface area (Å²) in [6.07, 6.45) is 1.96. The molecule has 7 heteroatoms. The lowest BCUT2D eigenvalue weighted by molar-refractivity contribution is 0.0106. The highest BCUT2D eigenvalue weighted by Crippen LogP contribution is 2.38. The van der Waals surface area contributed by atoms with Crippen LogP contribution >= 0.6 is 0 Å². The summed E-state index contributed by atoms with van der Waals surface area (Å²) in [6.45, 7) is 4.07. The van der Waals surface area contributed by atoms with E-state index in [2.05, 4.69) is 72.0 Å². The molecule has 0 spiro atoms. The first kappa shape index (κ1) is 29.7. The molecule has 1 saturated heterocycles. The molecule has 222 valence electrons. The third kappa shape index (κ3) is 7.53. The van der Waals surface area contributed by atoms with Crippen molar-refractivity contribution >= 4 is 10.8 Å². The van der Waals surface area contributed by atoms with Gasteiger partial charge in [0.1, 0.15) is 5.75 Å². The van der Waals surface area contributed by atoms with Gasteiger partial charge < -0.3 is 33.7 Å². The molecule has 1 aliphatic heterocycles. The molecular weight excluding hydrogens is 530 g/mol. The number of hydrogen-bond acceptors (Lipinski definition) is 7. The monoisotopic (exact) mass is 571 g/mol. The topological polar surface area (TPSA) is 67.4 Å². The number of ether oxygens (including phenoxy) is 6. The van der Waals surface area contributed by atoms with Crippen molar-refractivity contribution in [2.45, 2.75) is 38.1 Å². The van der Waals surface area contributed by atoms with Crippen molar-refractivity contribution in [3.63, 3.8) is 0 Å². The second-order valence-corrected chi connectivity index (χ2v) is 10.5. The molecule has 0 amide bonds. The summed E-state index contributed by atoms with van der Waals surface area (Å²) in [4.78, 5) is 0. The van der Waals surface area contributed by atoms with Crippen molar-refractivity contribution in [1.29, 1.82) is 0 Å². The number of piperidine rings is 1. The molecule has 2 atom stereocenters. The van der Waals surface area contributed by atoms with E-state index >= 15 is 0 Å². The number of benzene rings is 4. The fourth-order valence-electron chi connectivity index (χ4n) is 5.49. The maximum Gasteiger partial charge on any atom is 0.203 e. The van der Waals surface area contributed by atoms with E-state index in [-0.39, 0.29) is 6.10 Å². The molecule has 0 aromatic heterocycles. The van der Waals surface area contributed by atoms with E-state index in [1.807, 2.05) is 12.1 Å². The Kier molecular flexibility index (Phi) is 10.5. The largest absolute Gasteiger partial charge is 0.494 e. The van der Waals surface area contributed by atoms with Crippen LogP contribution in [0.2, 0.25) is 0 Å². The van der Waals surface area contributed by atoms with E-state index in [4.69, 9.17) is 28.4 Å². The highest BCUT2D eigenvalue weighted by Gasteiger charge is 2.27. The predicted molar refractivity (Wildman–Crippen MR) is 165 cm³/mol. The maximum absolute atomic E-state index is 6.46. The molecule has 2 unspecified atom stereocenters. The summed E-state index contributed by atoms with van der Waals surface area (Å²) in [7, 11) is 4.81. The molecule has 1 fully saturated rings. The number of hydrogen-bond donors (Lipinski definition) is 1. The lowest BCUT2D eigenvalue weighted by Gasteiger charge is -2.32. The fraction of sp³-hybridized carbons (Fsp3) is 0.371. The quantitative estimate of drug-likeness (QED) is 0.173. The first-order valence-electron chi connectivity index (χ1n) is 14.6. The number of fused-ring (bicyclic) bond motifs is 1. The molecule has 5 rings (SSSR count). The van der Waals surface area contributed by atoms with Crippen molar-refractivity contribution < 1.29 is 28.4 Å². The molecule has 0 bridgehead atoms. The van der Waals surface area contributed by atoms with Crippen LogP contribution < -0.4 is 24.3 Å². The Morgan fingerprint density at radius 1 is 0.738 bits per heavy atom. The Labute approximate surface area is 248 Å². The third-order valence-corrected chi connectivity index (χ3v) is 7.71. The Balaban J connectivity index is 1.07. The van der Waals surface area contributed by atoms with Gasteiger partial charge in [-0.3, -0.25) is 0 Å². The van der Waals surface area contributed by atoms with Crippen molar-refractivity contribution in [2.24, 2.45) is 0 Å². The lowest BCUT2D eigenvalue weighted by Crippen LogP contribution is -2.40. The molecule has 7 nitrogen and oxygen atoms in total. The van der Waals surface area contributed by atoms with Gasteiger partial charge in [-0.15, -0.1) is 0 Å². The zero-order chi connectivity index (χ0) is 29.1. The van der Waals surface area contributed by atoms with E-state index in [1.165, 1.54) is 21.9 Å². The van der Waals surface area contributed by atoms with Crippen LogP contribution in [0.3, 0.4) is 0 Å². The van der Waals surface area contributed by atoms with E-state index in [0.717, 1.165) is 37.2 Å². The average molecular weight is 572 g/mol. The van der Waals surface area contributed by atoms with Crippen LogP contribution in [-0.2, 0) is 22.7 Å². The second kappa shape index (κ2) is 14.9. The Morgan fingerprint density at radius 2 is 1.50 bits per heavy atom. The van der Waals surface area contributed by atoms with Gasteiger partial charge in [0.15, 0.2) is 11.5 Å². The van der Waals surface area contributed by atoms with Gasteiger partial charge in [0.05, 0.1) is 53.9 Å². The maximum atomic E-state index is 6.46. The van der Waals surface area contributed by atoms with Gasteiger partial charge in [-0.05, 0) is 70.8 Å². The van der Waals surface area contributed by atoms with Crippen molar-refractivity contribution in [2.75, 3.05) is 47.6 Å². The summed E-state index contributed by atoms with van der Waals surface area (Å²) in [5.74, 6) is 3.03. The number of nitrogens with one attached hydrogen (secondary N) is 1.